The van der Waals surface area contributed by atoms with Crippen LogP contribution in [0.25, 0.3) is 0 Å². The summed E-state index contributed by atoms with van der Waals surface area (Å²) in [5, 5.41) is 4.14. The van der Waals surface area contributed by atoms with E-state index in [0.29, 0.717) is 22.3 Å². The molecule has 18 heavy (non-hydrogen) atoms. The van der Waals surface area contributed by atoms with E-state index in [0.717, 1.165) is 10.0 Å². The molecule has 0 saturated carbocycles. The molecule has 0 bridgehead atoms. The van der Waals surface area contributed by atoms with Crippen LogP contribution < -0.4 is 5.32 Å². The van der Waals surface area contributed by atoms with Gasteiger partial charge in [0.15, 0.2) is 0 Å². The van der Waals surface area contributed by atoms with Crippen molar-refractivity contribution in [3.05, 3.63) is 62.3 Å². The first-order valence-electron chi connectivity index (χ1n) is 5.19. The lowest BCUT2D eigenvalue weighted by molar-refractivity contribution is 0.628. The highest BCUT2D eigenvalue weighted by atomic mass is 79.9. The van der Waals surface area contributed by atoms with Crippen molar-refractivity contribution >= 4 is 44.8 Å². The number of hydrogen-bond donors (Lipinski definition) is 1. The third-order valence-electron chi connectivity index (χ3n) is 2.41. The van der Waals surface area contributed by atoms with Crippen LogP contribution in [0.4, 0.5) is 10.1 Å². The van der Waals surface area contributed by atoms with Gasteiger partial charge in [0.05, 0.1) is 10.7 Å². The van der Waals surface area contributed by atoms with E-state index >= 15 is 0 Å². The van der Waals surface area contributed by atoms with Crippen LogP contribution in [0.15, 0.2) is 40.9 Å². The summed E-state index contributed by atoms with van der Waals surface area (Å²) >= 11 is 15.4. The Kier molecular flexibility index (Phi) is 4.49. The fourth-order valence-corrected chi connectivity index (χ4v) is 2.33. The maximum atomic E-state index is 12.9. The number of anilines is 1. The van der Waals surface area contributed by atoms with Crippen LogP contribution in [0.2, 0.25) is 10.0 Å². The topological polar surface area (TPSA) is 12.0 Å². The zero-order valence-corrected chi connectivity index (χ0v) is 12.3. The molecule has 0 spiro atoms. The summed E-state index contributed by atoms with van der Waals surface area (Å²) in [6.07, 6.45) is 0. The molecule has 2 aromatic carbocycles. The van der Waals surface area contributed by atoms with Crippen molar-refractivity contribution in [2.75, 3.05) is 5.32 Å². The van der Waals surface area contributed by atoms with E-state index in [9.17, 15) is 4.39 Å². The van der Waals surface area contributed by atoms with Crippen LogP contribution >= 0.6 is 39.1 Å². The van der Waals surface area contributed by atoms with Crippen molar-refractivity contribution < 1.29 is 4.39 Å². The molecule has 5 heteroatoms. The van der Waals surface area contributed by atoms with Crippen molar-refractivity contribution in [1.29, 1.82) is 0 Å². The van der Waals surface area contributed by atoms with Gasteiger partial charge in [0.2, 0.25) is 0 Å². The molecule has 0 aliphatic carbocycles. The van der Waals surface area contributed by atoms with E-state index in [1.807, 2.05) is 18.2 Å². The van der Waals surface area contributed by atoms with Crippen LogP contribution in [-0.2, 0) is 6.54 Å². The molecule has 0 aromatic heterocycles. The van der Waals surface area contributed by atoms with Crippen molar-refractivity contribution in [3.63, 3.8) is 0 Å². The van der Waals surface area contributed by atoms with Crippen molar-refractivity contribution in [2.24, 2.45) is 0 Å². The smallest absolute Gasteiger partial charge is 0.124 e. The lowest BCUT2D eigenvalue weighted by Crippen LogP contribution is -2.00. The largest absolute Gasteiger partial charge is 0.380 e. The molecule has 0 radical (unpaired) electrons. The number of hydrogen-bond acceptors (Lipinski definition) is 1. The zero-order chi connectivity index (χ0) is 13.1. The Morgan fingerprint density at radius 2 is 1.83 bits per heavy atom. The van der Waals surface area contributed by atoms with Crippen LogP contribution in [0.5, 0.6) is 0 Å². The molecule has 1 nitrogen and oxygen atoms in total. The number of rotatable bonds is 3. The van der Waals surface area contributed by atoms with Gasteiger partial charge in [0, 0.05) is 16.0 Å². The minimum Gasteiger partial charge on any atom is -0.380 e. The van der Waals surface area contributed by atoms with Gasteiger partial charge in [-0.3, -0.25) is 0 Å². The average Bonchev–Trinajstić information content (AvgIpc) is 2.32. The molecular weight excluding hydrogens is 340 g/mol. The van der Waals surface area contributed by atoms with Crippen molar-refractivity contribution in [1.82, 2.24) is 0 Å². The van der Waals surface area contributed by atoms with Crippen molar-refractivity contribution in [3.8, 4) is 0 Å². The maximum absolute atomic E-state index is 12.9. The normalized spacial score (nSPS) is 10.4. The molecule has 0 unspecified atom stereocenters. The summed E-state index contributed by atoms with van der Waals surface area (Å²) in [5.41, 5.74) is 1.61. The van der Waals surface area contributed by atoms with E-state index < -0.39 is 0 Å². The second kappa shape index (κ2) is 5.91. The Labute approximate surface area is 123 Å². The number of halogens is 4. The Bertz CT molecular complexity index is 575. The first-order chi connectivity index (χ1) is 8.56. The molecule has 0 aliphatic heterocycles. The van der Waals surface area contributed by atoms with Gasteiger partial charge in [-0.25, -0.2) is 4.39 Å². The van der Waals surface area contributed by atoms with Gasteiger partial charge < -0.3 is 5.32 Å². The number of nitrogens with one attached hydrogen (secondary N) is 1. The van der Waals surface area contributed by atoms with Crippen LogP contribution in [0.1, 0.15) is 5.56 Å². The molecular formula is C13H9BrCl2FN. The van der Waals surface area contributed by atoms with Gasteiger partial charge in [-0.2, -0.15) is 0 Å². The Morgan fingerprint density at radius 3 is 2.56 bits per heavy atom. The standard InChI is InChI=1S/C13H9BrCl2FN/c14-9-1-3-11(15)8(5-9)7-18-13-4-2-10(17)6-12(13)16/h1-6,18H,7H2. The Balaban J connectivity index is 2.13. The van der Waals surface area contributed by atoms with E-state index in [4.69, 9.17) is 23.2 Å². The minimum absolute atomic E-state index is 0.348. The fourth-order valence-electron chi connectivity index (χ4n) is 1.50. The third kappa shape index (κ3) is 3.37. The first kappa shape index (κ1) is 13.7. The van der Waals surface area contributed by atoms with Crippen LogP contribution in [0, 0.1) is 5.82 Å². The molecule has 0 aliphatic rings. The summed E-state index contributed by atoms with van der Waals surface area (Å²) < 4.78 is 13.8. The average molecular weight is 349 g/mol. The summed E-state index contributed by atoms with van der Waals surface area (Å²) in [5.74, 6) is -0.356. The zero-order valence-electron chi connectivity index (χ0n) is 9.18. The summed E-state index contributed by atoms with van der Waals surface area (Å²) in [6.45, 7) is 0.517. The molecule has 0 amide bonds. The predicted molar refractivity (Wildman–Crippen MR) is 77.9 cm³/mol. The summed E-state index contributed by atoms with van der Waals surface area (Å²) in [4.78, 5) is 0. The molecule has 0 atom stereocenters. The monoisotopic (exact) mass is 347 g/mol. The second-order valence-corrected chi connectivity index (χ2v) is 5.44. The quantitative estimate of drug-likeness (QED) is 0.771. The van der Waals surface area contributed by atoms with Gasteiger partial charge in [0.25, 0.3) is 0 Å². The molecule has 94 valence electrons. The maximum Gasteiger partial charge on any atom is 0.124 e. The van der Waals surface area contributed by atoms with E-state index in [1.54, 1.807) is 6.07 Å². The molecule has 0 fully saturated rings. The highest BCUT2D eigenvalue weighted by Crippen LogP contribution is 2.25. The molecule has 0 saturated heterocycles. The molecule has 2 rings (SSSR count). The van der Waals surface area contributed by atoms with Crippen LogP contribution in [0.3, 0.4) is 0 Å². The van der Waals surface area contributed by atoms with Gasteiger partial charge in [-0.05, 0) is 42.0 Å². The molecule has 2 aromatic rings. The minimum atomic E-state index is -0.356. The molecule has 0 heterocycles. The highest BCUT2D eigenvalue weighted by molar-refractivity contribution is 9.10. The lowest BCUT2D eigenvalue weighted by atomic mass is 10.2. The highest BCUT2D eigenvalue weighted by Gasteiger charge is 2.04. The van der Waals surface area contributed by atoms with Gasteiger partial charge in [-0.1, -0.05) is 39.1 Å². The molecule has 1 N–H and O–H groups in total. The van der Waals surface area contributed by atoms with Gasteiger partial charge in [-0.15, -0.1) is 0 Å². The van der Waals surface area contributed by atoms with Gasteiger partial charge in [0.1, 0.15) is 5.82 Å². The summed E-state index contributed by atoms with van der Waals surface area (Å²) in [7, 11) is 0. The number of benzene rings is 2. The first-order valence-corrected chi connectivity index (χ1v) is 6.74. The van der Waals surface area contributed by atoms with Gasteiger partial charge >= 0.3 is 0 Å². The van der Waals surface area contributed by atoms with E-state index in [2.05, 4.69) is 21.2 Å². The van der Waals surface area contributed by atoms with E-state index in [1.165, 1.54) is 12.1 Å². The Hall–Kier alpha value is -0.770. The fraction of sp³-hybridized carbons (Fsp3) is 0.0769. The SMILES string of the molecule is Fc1ccc(NCc2cc(Br)ccc2Cl)c(Cl)c1. The predicted octanol–water partition coefficient (Wildman–Crippen LogP) is 5.51. The Morgan fingerprint density at radius 1 is 1.06 bits per heavy atom. The summed E-state index contributed by atoms with van der Waals surface area (Å²) in [6, 6.07) is 9.84. The van der Waals surface area contributed by atoms with Crippen LogP contribution in [-0.4, -0.2) is 0 Å². The third-order valence-corrected chi connectivity index (χ3v) is 3.58. The van der Waals surface area contributed by atoms with Crippen molar-refractivity contribution in [2.45, 2.75) is 6.54 Å². The van der Waals surface area contributed by atoms with E-state index in [-0.39, 0.29) is 5.82 Å². The lowest BCUT2D eigenvalue weighted by Gasteiger charge is -2.10. The second-order valence-electron chi connectivity index (χ2n) is 3.71.